The summed E-state index contributed by atoms with van der Waals surface area (Å²) >= 11 is 0. The third-order valence-corrected chi connectivity index (χ3v) is 2.45. The van der Waals surface area contributed by atoms with Crippen LogP contribution in [0.5, 0.6) is 5.75 Å². The molecule has 0 aliphatic rings. The standard InChI is InChI=1S/C13H16N2O2/c1-9-4-5-11(8-12(9)17-3)13(16)15-10(2)6-7-14/h4-5,8,10H,6H2,1-3H3,(H,15,16)/t10-/m1/s1. The van der Waals surface area contributed by atoms with E-state index in [-0.39, 0.29) is 11.9 Å². The predicted octanol–water partition coefficient (Wildman–Crippen LogP) is 2.04. The third kappa shape index (κ3) is 3.49. The fraction of sp³-hybridized carbons (Fsp3) is 0.385. The first-order chi connectivity index (χ1) is 8.08. The van der Waals surface area contributed by atoms with Crippen LogP contribution in [-0.4, -0.2) is 19.1 Å². The summed E-state index contributed by atoms with van der Waals surface area (Å²) in [6.45, 7) is 3.71. The second kappa shape index (κ2) is 5.90. The van der Waals surface area contributed by atoms with Crippen LogP contribution in [0.4, 0.5) is 0 Å². The van der Waals surface area contributed by atoms with Gasteiger partial charge in [-0.05, 0) is 31.5 Å². The van der Waals surface area contributed by atoms with Crippen LogP contribution in [0, 0.1) is 18.3 Å². The van der Waals surface area contributed by atoms with E-state index in [0.717, 1.165) is 5.56 Å². The molecule has 0 saturated carbocycles. The molecule has 1 aromatic carbocycles. The summed E-state index contributed by atoms with van der Waals surface area (Å²) in [4.78, 5) is 11.8. The molecule has 1 aromatic rings. The van der Waals surface area contributed by atoms with Crippen LogP contribution in [0.3, 0.4) is 0 Å². The molecule has 0 aromatic heterocycles. The van der Waals surface area contributed by atoms with Crippen LogP contribution >= 0.6 is 0 Å². The molecule has 0 aliphatic heterocycles. The SMILES string of the molecule is COc1cc(C(=O)N[C@H](C)CC#N)ccc1C. The zero-order valence-corrected chi connectivity index (χ0v) is 10.3. The van der Waals surface area contributed by atoms with Crippen molar-refractivity contribution in [3.8, 4) is 11.8 Å². The van der Waals surface area contributed by atoms with Gasteiger partial charge >= 0.3 is 0 Å². The minimum absolute atomic E-state index is 0.153. The van der Waals surface area contributed by atoms with E-state index in [2.05, 4.69) is 5.32 Å². The minimum Gasteiger partial charge on any atom is -0.496 e. The molecule has 4 heteroatoms. The molecular weight excluding hydrogens is 216 g/mol. The summed E-state index contributed by atoms with van der Waals surface area (Å²) in [5, 5.41) is 11.3. The van der Waals surface area contributed by atoms with Gasteiger partial charge in [-0.3, -0.25) is 4.79 Å². The number of aryl methyl sites for hydroxylation is 1. The van der Waals surface area contributed by atoms with Gasteiger partial charge in [0.25, 0.3) is 5.91 Å². The highest BCUT2D eigenvalue weighted by molar-refractivity contribution is 5.94. The molecule has 1 rings (SSSR count). The number of carbonyl (C=O) groups excluding carboxylic acids is 1. The average Bonchev–Trinajstić information content (AvgIpc) is 2.29. The Balaban J connectivity index is 2.79. The van der Waals surface area contributed by atoms with Crippen molar-refractivity contribution in [2.45, 2.75) is 26.3 Å². The first-order valence-electron chi connectivity index (χ1n) is 5.41. The molecule has 1 amide bonds. The zero-order chi connectivity index (χ0) is 12.8. The Hall–Kier alpha value is -2.02. The number of amides is 1. The second-order valence-corrected chi connectivity index (χ2v) is 3.92. The van der Waals surface area contributed by atoms with Crippen LogP contribution in [0.2, 0.25) is 0 Å². The lowest BCUT2D eigenvalue weighted by molar-refractivity contribution is 0.0940. The molecule has 0 saturated heterocycles. The fourth-order valence-corrected chi connectivity index (χ4v) is 1.46. The smallest absolute Gasteiger partial charge is 0.251 e. The molecule has 0 fully saturated rings. The van der Waals surface area contributed by atoms with Crippen LogP contribution in [0.25, 0.3) is 0 Å². The van der Waals surface area contributed by atoms with Gasteiger partial charge in [0.05, 0.1) is 19.6 Å². The van der Waals surface area contributed by atoms with Gasteiger partial charge in [0.1, 0.15) is 5.75 Å². The largest absolute Gasteiger partial charge is 0.496 e. The molecule has 0 radical (unpaired) electrons. The fourth-order valence-electron chi connectivity index (χ4n) is 1.46. The van der Waals surface area contributed by atoms with E-state index in [1.807, 2.05) is 19.1 Å². The van der Waals surface area contributed by atoms with Crippen molar-refractivity contribution in [2.75, 3.05) is 7.11 Å². The molecule has 0 unspecified atom stereocenters. The van der Waals surface area contributed by atoms with E-state index < -0.39 is 0 Å². The van der Waals surface area contributed by atoms with Gasteiger partial charge in [-0.1, -0.05) is 6.07 Å². The topological polar surface area (TPSA) is 62.1 Å². The van der Waals surface area contributed by atoms with Crippen molar-refractivity contribution in [1.29, 1.82) is 5.26 Å². The first kappa shape index (κ1) is 13.0. The Kier molecular flexibility index (Phi) is 4.53. The molecule has 4 nitrogen and oxygen atoms in total. The van der Waals surface area contributed by atoms with Crippen molar-refractivity contribution >= 4 is 5.91 Å². The summed E-state index contributed by atoms with van der Waals surface area (Å²) in [7, 11) is 1.57. The molecule has 17 heavy (non-hydrogen) atoms. The lowest BCUT2D eigenvalue weighted by Crippen LogP contribution is -2.32. The highest BCUT2D eigenvalue weighted by Gasteiger charge is 2.11. The monoisotopic (exact) mass is 232 g/mol. The zero-order valence-electron chi connectivity index (χ0n) is 10.3. The Morgan fingerprint density at radius 3 is 2.88 bits per heavy atom. The van der Waals surface area contributed by atoms with Crippen molar-refractivity contribution < 1.29 is 9.53 Å². The highest BCUT2D eigenvalue weighted by atomic mass is 16.5. The maximum Gasteiger partial charge on any atom is 0.251 e. The molecule has 90 valence electrons. The van der Waals surface area contributed by atoms with Crippen LogP contribution in [0.15, 0.2) is 18.2 Å². The third-order valence-electron chi connectivity index (χ3n) is 2.45. The summed E-state index contributed by atoms with van der Waals surface area (Å²) < 4.78 is 5.16. The Morgan fingerprint density at radius 2 is 2.29 bits per heavy atom. The van der Waals surface area contributed by atoms with Crippen LogP contribution in [0.1, 0.15) is 29.3 Å². The number of ether oxygens (including phenoxy) is 1. The number of hydrogen-bond acceptors (Lipinski definition) is 3. The van der Waals surface area contributed by atoms with Crippen molar-refractivity contribution in [3.63, 3.8) is 0 Å². The Bertz CT molecular complexity index is 449. The van der Waals surface area contributed by atoms with Gasteiger partial charge < -0.3 is 10.1 Å². The summed E-state index contributed by atoms with van der Waals surface area (Å²) in [5.41, 5.74) is 1.52. The molecule has 0 aliphatic carbocycles. The van der Waals surface area contributed by atoms with Gasteiger partial charge in [0.2, 0.25) is 0 Å². The van der Waals surface area contributed by atoms with Crippen LogP contribution < -0.4 is 10.1 Å². The predicted molar refractivity (Wildman–Crippen MR) is 64.9 cm³/mol. The van der Waals surface area contributed by atoms with E-state index in [1.54, 1.807) is 26.2 Å². The lowest BCUT2D eigenvalue weighted by Gasteiger charge is -2.11. The van der Waals surface area contributed by atoms with E-state index in [4.69, 9.17) is 10.00 Å². The molecule has 1 N–H and O–H groups in total. The quantitative estimate of drug-likeness (QED) is 0.864. The van der Waals surface area contributed by atoms with E-state index >= 15 is 0 Å². The second-order valence-electron chi connectivity index (χ2n) is 3.92. The number of hydrogen-bond donors (Lipinski definition) is 1. The van der Waals surface area contributed by atoms with Gasteiger partial charge in [-0.2, -0.15) is 5.26 Å². The number of nitriles is 1. The van der Waals surface area contributed by atoms with Crippen molar-refractivity contribution in [1.82, 2.24) is 5.32 Å². The molecule has 0 bridgehead atoms. The molecule has 1 atom stereocenters. The molecular formula is C13H16N2O2. The van der Waals surface area contributed by atoms with Gasteiger partial charge in [0, 0.05) is 11.6 Å². The normalized spacial score (nSPS) is 11.4. The first-order valence-corrected chi connectivity index (χ1v) is 5.41. The van der Waals surface area contributed by atoms with Gasteiger partial charge in [-0.15, -0.1) is 0 Å². The Labute approximate surface area is 101 Å². The summed E-state index contributed by atoms with van der Waals surface area (Å²) in [5.74, 6) is 0.497. The number of rotatable bonds is 4. The maximum atomic E-state index is 11.8. The van der Waals surface area contributed by atoms with Crippen LogP contribution in [-0.2, 0) is 0 Å². The van der Waals surface area contributed by atoms with E-state index in [0.29, 0.717) is 17.7 Å². The Morgan fingerprint density at radius 1 is 1.59 bits per heavy atom. The lowest BCUT2D eigenvalue weighted by atomic mass is 10.1. The number of nitrogens with zero attached hydrogens (tertiary/aromatic N) is 1. The summed E-state index contributed by atoms with van der Waals surface area (Å²) in [6, 6.07) is 7.14. The highest BCUT2D eigenvalue weighted by Crippen LogP contribution is 2.18. The number of benzene rings is 1. The maximum absolute atomic E-state index is 11.8. The molecule has 0 spiro atoms. The number of carbonyl (C=O) groups is 1. The average molecular weight is 232 g/mol. The van der Waals surface area contributed by atoms with Gasteiger partial charge in [0.15, 0.2) is 0 Å². The van der Waals surface area contributed by atoms with E-state index in [9.17, 15) is 4.79 Å². The number of nitrogens with one attached hydrogen (secondary N) is 1. The van der Waals surface area contributed by atoms with Gasteiger partial charge in [-0.25, -0.2) is 0 Å². The van der Waals surface area contributed by atoms with E-state index in [1.165, 1.54) is 0 Å². The minimum atomic E-state index is -0.189. The number of methoxy groups -OCH3 is 1. The van der Waals surface area contributed by atoms with Crippen molar-refractivity contribution in [3.05, 3.63) is 29.3 Å². The van der Waals surface area contributed by atoms with Crippen molar-refractivity contribution in [2.24, 2.45) is 0 Å². The summed E-state index contributed by atoms with van der Waals surface area (Å²) in [6.07, 6.45) is 0.300. The molecule has 0 heterocycles.